The number of ether oxygens (including phenoxy) is 1. The van der Waals surface area contributed by atoms with Crippen molar-refractivity contribution in [2.45, 2.75) is 96.9 Å². The van der Waals surface area contributed by atoms with Crippen LogP contribution in [-0.2, 0) is 38.3 Å². The molecule has 1 heterocycles. The van der Waals surface area contributed by atoms with Crippen molar-refractivity contribution in [2.75, 3.05) is 19.5 Å². The first-order valence-electron chi connectivity index (χ1n) is 13.4. The van der Waals surface area contributed by atoms with E-state index in [9.17, 15) is 33.6 Å². The number of hydrogen-bond acceptors (Lipinski definition) is 8. The van der Waals surface area contributed by atoms with E-state index < -0.39 is 65.7 Å². The monoisotopic (exact) mass is 587 g/mol. The van der Waals surface area contributed by atoms with Gasteiger partial charge < -0.3 is 30.9 Å². The maximum atomic E-state index is 13.1. The van der Waals surface area contributed by atoms with Crippen molar-refractivity contribution < 1.29 is 38.3 Å². The Morgan fingerprint density at radius 1 is 0.850 bits per heavy atom. The van der Waals surface area contributed by atoms with Crippen molar-refractivity contribution in [1.82, 2.24) is 26.2 Å². The molecule has 40 heavy (non-hydrogen) atoms. The first-order chi connectivity index (χ1) is 18.7. The Kier molecular flexibility index (Phi) is 14.6. The molecule has 0 aromatic carbocycles. The molecular weight excluding hydrogens is 546 g/mol. The van der Waals surface area contributed by atoms with Crippen LogP contribution in [0.25, 0.3) is 0 Å². The molecule has 4 N–H and O–H groups in total. The minimum absolute atomic E-state index is 0.134. The molecule has 1 saturated heterocycles. The van der Waals surface area contributed by atoms with Gasteiger partial charge in [-0.15, -0.1) is 11.6 Å². The zero-order valence-corrected chi connectivity index (χ0v) is 24.8. The summed E-state index contributed by atoms with van der Waals surface area (Å²) in [4.78, 5) is 87.8. The number of hydrogen-bond donors (Lipinski definition) is 4. The fourth-order valence-electron chi connectivity index (χ4n) is 4.16. The van der Waals surface area contributed by atoms with E-state index in [1.807, 2.05) is 13.8 Å². The van der Waals surface area contributed by atoms with Gasteiger partial charge in [-0.05, 0) is 46.0 Å². The van der Waals surface area contributed by atoms with Crippen LogP contribution in [0.1, 0.15) is 66.7 Å². The second-order valence-electron chi connectivity index (χ2n) is 10.3. The summed E-state index contributed by atoms with van der Waals surface area (Å²) in [7, 11) is 1.20. The highest BCUT2D eigenvalue weighted by Crippen LogP contribution is 2.19. The average Bonchev–Trinajstić information content (AvgIpc) is 3.39. The maximum absolute atomic E-state index is 13.1. The molecule has 0 spiro atoms. The van der Waals surface area contributed by atoms with Crippen molar-refractivity contribution in [3.8, 4) is 0 Å². The fourth-order valence-corrected chi connectivity index (χ4v) is 4.34. The molecule has 1 aliphatic rings. The predicted octanol–water partition coefficient (Wildman–Crippen LogP) is -0.216. The number of alkyl halides is 1. The number of esters is 1. The summed E-state index contributed by atoms with van der Waals surface area (Å²) >= 11 is 5.70. The molecule has 5 atom stereocenters. The number of likely N-dealkylation sites (tertiary alicyclic amines) is 1. The number of amides is 5. The quantitative estimate of drug-likeness (QED) is 0.150. The lowest BCUT2D eigenvalue weighted by atomic mass is 10.0. The fraction of sp³-hybridized carbons (Fsp3) is 0.731. The molecule has 0 radical (unpaired) electrons. The number of nitrogens with one attached hydrogen (secondary N) is 4. The minimum Gasteiger partial charge on any atom is -0.469 e. The van der Waals surface area contributed by atoms with E-state index in [0.717, 1.165) is 0 Å². The van der Waals surface area contributed by atoms with Crippen LogP contribution in [0.2, 0.25) is 0 Å². The summed E-state index contributed by atoms with van der Waals surface area (Å²) in [5.74, 6) is -3.67. The molecule has 226 valence electrons. The number of carbonyl (C=O) groups excluding carboxylic acids is 7. The smallest absolute Gasteiger partial charge is 0.306 e. The lowest BCUT2D eigenvalue weighted by Crippen LogP contribution is -2.57. The third-order valence-electron chi connectivity index (χ3n) is 6.42. The number of carbonyl (C=O) groups is 7. The Bertz CT molecular complexity index is 959. The zero-order chi connectivity index (χ0) is 30.6. The van der Waals surface area contributed by atoms with E-state index in [-0.39, 0.29) is 30.4 Å². The Balaban J connectivity index is 2.67. The molecule has 0 saturated carbocycles. The van der Waals surface area contributed by atoms with Crippen LogP contribution in [-0.4, -0.2) is 95.9 Å². The van der Waals surface area contributed by atoms with Crippen LogP contribution < -0.4 is 21.3 Å². The van der Waals surface area contributed by atoms with E-state index in [4.69, 9.17) is 11.6 Å². The summed E-state index contributed by atoms with van der Waals surface area (Å²) in [5.41, 5.74) is 0. The van der Waals surface area contributed by atoms with Gasteiger partial charge in [0, 0.05) is 13.0 Å². The van der Waals surface area contributed by atoms with Gasteiger partial charge in [-0.25, -0.2) is 0 Å². The van der Waals surface area contributed by atoms with Crippen LogP contribution in [0.4, 0.5) is 0 Å². The van der Waals surface area contributed by atoms with Crippen LogP contribution in [0.3, 0.4) is 0 Å². The van der Waals surface area contributed by atoms with Gasteiger partial charge in [0.05, 0.1) is 25.5 Å². The first kappa shape index (κ1) is 34.8. The topological polar surface area (TPSA) is 180 Å². The van der Waals surface area contributed by atoms with Crippen molar-refractivity contribution in [3.63, 3.8) is 0 Å². The molecule has 0 bridgehead atoms. The van der Waals surface area contributed by atoms with Gasteiger partial charge in [-0.1, -0.05) is 13.8 Å². The van der Waals surface area contributed by atoms with Gasteiger partial charge in [0.25, 0.3) is 0 Å². The molecule has 1 fully saturated rings. The van der Waals surface area contributed by atoms with Crippen molar-refractivity contribution >= 4 is 52.9 Å². The van der Waals surface area contributed by atoms with Gasteiger partial charge in [0.15, 0.2) is 5.78 Å². The molecule has 13 nitrogen and oxygen atoms in total. The van der Waals surface area contributed by atoms with E-state index in [1.54, 1.807) is 0 Å². The van der Waals surface area contributed by atoms with Gasteiger partial charge in [0.2, 0.25) is 29.5 Å². The SMILES string of the molecule is COC(=O)CCC(=O)NC(C)C(=O)NC(C)C(=O)NC(C)C(=O)N1CCCC1C(=O)NC(CC(C)C)C(=O)CCl. The third kappa shape index (κ3) is 11.1. The molecular formula is C26H42ClN5O8. The van der Waals surface area contributed by atoms with Crippen LogP contribution in [0.5, 0.6) is 0 Å². The van der Waals surface area contributed by atoms with E-state index >= 15 is 0 Å². The number of halogens is 1. The summed E-state index contributed by atoms with van der Waals surface area (Å²) < 4.78 is 4.46. The molecule has 1 aliphatic heterocycles. The molecule has 0 aromatic rings. The van der Waals surface area contributed by atoms with Crippen LogP contribution in [0, 0.1) is 5.92 Å². The largest absolute Gasteiger partial charge is 0.469 e. The number of rotatable bonds is 15. The first-order valence-corrected chi connectivity index (χ1v) is 13.9. The Morgan fingerprint density at radius 2 is 1.43 bits per heavy atom. The van der Waals surface area contributed by atoms with Gasteiger partial charge in [-0.2, -0.15) is 0 Å². The molecule has 14 heteroatoms. The predicted molar refractivity (Wildman–Crippen MR) is 146 cm³/mol. The van der Waals surface area contributed by atoms with Crippen LogP contribution >= 0.6 is 11.6 Å². The summed E-state index contributed by atoms with van der Waals surface area (Å²) in [6, 6.07) is -4.54. The van der Waals surface area contributed by atoms with Gasteiger partial charge in [-0.3, -0.25) is 33.6 Å². The summed E-state index contributed by atoms with van der Waals surface area (Å²) in [6.45, 7) is 8.48. The van der Waals surface area contributed by atoms with Crippen molar-refractivity contribution in [3.05, 3.63) is 0 Å². The number of Topliss-reactive ketones (excluding diaryl/α,β-unsaturated/α-hetero) is 1. The molecule has 5 unspecified atom stereocenters. The van der Waals surface area contributed by atoms with Gasteiger partial charge in [0.1, 0.15) is 24.2 Å². The van der Waals surface area contributed by atoms with Crippen molar-refractivity contribution in [2.24, 2.45) is 5.92 Å². The lowest BCUT2D eigenvalue weighted by molar-refractivity contribution is -0.142. The number of nitrogens with zero attached hydrogens (tertiary/aromatic N) is 1. The van der Waals surface area contributed by atoms with Crippen molar-refractivity contribution in [1.29, 1.82) is 0 Å². The molecule has 1 rings (SSSR count). The highest BCUT2D eigenvalue weighted by atomic mass is 35.5. The maximum Gasteiger partial charge on any atom is 0.306 e. The normalized spacial score (nSPS) is 17.7. The van der Waals surface area contributed by atoms with Gasteiger partial charge >= 0.3 is 5.97 Å². The highest BCUT2D eigenvalue weighted by molar-refractivity contribution is 6.28. The van der Waals surface area contributed by atoms with E-state index in [2.05, 4.69) is 26.0 Å². The molecule has 5 amide bonds. The second-order valence-corrected chi connectivity index (χ2v) is 10.6. The average molecular weight is 588 g/mol. The summed E-state index contributed by atoms with van der Waals surface area (Å²) in [5, 5.41) is 10.2. The van der Waals surface area contributed by atoms with E-state index in [1.165, 1.54) is 32.8 Å². The molecule has 0 aliphatic carbocycles. The second kappa shape index (κ2) is 16.8. The third-order valence-corrected chi connectivity index (χ3v) is 6.68. The molecule has 0 aromatic heterocycles. The lowest BCUT2D eigenvalue weighted by Gasteiger charge is -2.29. The minimum atomic E-state index is -1.03. The van der Waals surface area contributed by atoms with Crippen LogP contribution in [0.15, 0.2) is 0 Å². The standard InChI is InChI=1S/C26H42ClN5O8/c1-14(2)12-18(20(33)13-27)31-25(38)19-8-7-11-32(19)26(39)17(5)30-24(37)16(4)29-23(36)15(3)28-21(34)9-10-22(35)40-6/h14-19H,7-13H2,1-6H3,(H,28,34)(H,29,36)(H,30,37)(H,31,38). The Labute approximate surface area is 239 Å². The summed E-state index contributed by atoms with van der Waals surface area (Å²) in [6.07, 6.45) is 1.13. The highest BCUT2D eigenvalue weighted by Gasteiger charge is 2.38. The number of ketones is 1. The van der Waals surface area contributed by atoms with E-state index in [0.29, 0.717) is 25.8 Å². The Morgan fingerprint density at radius 3 is 1.98 bits per heavy atom. The Hall–Kier alpha value is -3.22. The zero-order valence-electron chi connectivity index (χ0n) is 24.0. The number of methoxy groups -OCH3 is 1.